The fourth-order valence-corrected chi connectivity index (χ4v) is 5.33. The lowest BCUT2D eigenvalue weighted by atomic mass is 9.79. The molecule has 1 saturated heterocycles. The lowest BCUT2D eigenvalue weighted by Crippen LogP contribution is -2.60. The lowest BCUT2D eigenvalue weighted by Gasteiger charge is -2.53. The largest absolute Gasteiger partial charge is 0.487 e. The summed E-state index contributed by atoms with van der Waals surface area (Å²) in [5.41, 5.74) is 3.28. The van der Waals surface area contributed by atoms with Crippen LogP contribution >= 0.6 is 0 Å². The van der Waals surface area contributed by atoms with Gasteiger partial charge in [-0.15, -0.1) is 0 Å². The molecule has 0 saturated carbocycles. The molecule has 4 aromatic rings. The fourth-order valence-electron chi connectivity index (χ4n) is 5.33. The lowest BCUT2D eigenvalue weighted by molar-refractivity contribution is -0.0558. The number of ether oxygens (including phenoxy) is 1. The van der Waals surface area contributed by atoms with E-state index in [1.54, 1.807) is 29.3 Å². The highest BCUT2D eigenvalue weighted by molar-refractivity contribution is 5.57. The van der Waals surface area contributed by atoms with E-state index in [-0.39, 0.29) is 22.7 Å². The number of aromatic nitrogens is 6. The Hall–Kier alpha value is -3.85. The van der Waals surface area contributed by atoms with Crippen molar-refractivity contribution in [3.63, 3.8) is 0 Å². The van der Waals surface area contributed by atoms with Gasteiger partial charge in [-0.2, -0.15) is 10.2 Å². The molecule has 0 unspecified atom stereocenters. The summed E-state index contributed by atoms with van der Waals surface area (Å²) in [7, 11) is 4.04. The van der Waals surface area contributed by atoms with Crippen molar-refractivity contribution in [1.82, 2.24) is 34.4 Å². The first-order chi connectivity index (χ1) is 18.0. The van der Waals surface area contributed by atoms with Gasteiger partial charge in [-0.1, -0.05) is 18.2 Å². The molecule has 9 nitrogen and oxygen atoms in total. The van der Waals surface area contributed by atoms with Crippen LogP contribution in [0.4, 0.5) is 0 Å². The van der Waals surface area contributed by atoms with Gasteiger partial charge in [0.05, 0.1) is 30.8 Å². The topological polar surface area (TPSA) is 91.0 Å². The predicted octanol–water partition coefficient (Wildman–Crippen LogP) is 4.18. The third-order valence-corrected chi connectivity index (χ3v) is 7.59. The summed E-state index contributed by atoms with van der Waals surface area (Å²) in [4.78, 5) is 24.1. The Morgan fingerprint density at radius 2 is 1.66 bits per heavy atom. The Bertz CT molecular complexity index is 1470. The Morgan fingerprint density at radius 3 is 2.32 bits per heavy atom. The number of benzene rings is 1. The third-order valence-electron chi connectivity index (χ3n) is 7.59. The van der Waals surface area contributed by atoms with E-state index >= 15 is 0 Å². The number of piperidine rings is 1. The van der Waals surface area contributed by atoms with E-state index in [0.29, 0.717) is 23.8 Å². The number of rotatable bonds is 6. The summed E-state index contributed by atoms with van der Waals surface area (Å²) in [5, 5.41) is 8.74. The molecule has 0 bridgehead atoms. The molecule has 5 rings (SSSR count). The van der Waals surface area contributed by atoms with Crippen LogP contribution in [-0.4, -0.2) is 58.7 Å². The van der Waals surface area contributed by atoms with Crippen LogP contribution in [0.15, 0.2) is 66.0 Å². The molecule has 0 atom stereocenters. The molecule has 9 heteroatoms. The molecule has 0 spiro atoms. The van der Waals surface area contributed by atoms with Gasteiger partial charge in [-0.05, 0) is 52.4 Å². The third kappa shape index (κ3) is 5.38. The number of hydrogen-bond donors (Lipinski definition) is 0. The van der Waals surface area contributed by atoms with E-state index in [2.05, 4.69) is 59.8 Å². The Balaban J connectivity index is 1.31. The Labute approximate surface area is 223 Å². The zero-order chi connectivity index (χ0) is 27.1. The summed E-state index contributed by atoms with van der Waals surface area (Å²) in [6.45, 7) is 9.38. The van der Waals surface area contributed by atoms with Gasteiger partial charge < -0.3 is 4.74 Å². The number of likely N-dealkylation sites (tertiary alicyclic amines) is 1. The van der Waals surface area contributed by atoms with E-state index in [0.717, 1.165) is 29.5 Å². The van der Waals surface area contributed by atoms with Gasteiger partial charge in [-0.25, -0.2) is 14.6 Å². The fraction of sp³-hybridized carbons (Fsp3) is 0.414. The van der Waals surface area contributed by atoms with Gasteiger partial charge in [0, 0.05) is 54.4 Å². The van der Waals surface area contributed by atoms with E-state index in [4.69, 9.17) is 4.74 Å². The first-order valence-corrected chi connectivity index (χ1v) is 12.9. The quantitative estimate of drug-likeness (QED) is 0.382. The number of hydrogen-bond acceptors (Lipinski definition) is 7. The van der Waals surface area contributed by atoms with Crippen LogP contribution in [-0.2, 0) is 13.6 Å². The molecule has 1 aliphatic heterocycles. The molecule has 4 heterocycles. The van der Waals surface area contributed by atoms with Crippen LogP contribution in [0.5, 0.6) is 5.75 Å². The zero-order valence-corrected chi connectivity index (χ0v) is 22.9. The molecule has 0 amide bonds. The molecule has 1 fully saturated rings. The van der Waals surface area contributed by atoms with E-state index < -0.39 is 0 Å². The maximum Gasteiger partial charge on any atom is 0.267 e. The van der Waals surface area contributed by atoms with Crippen LogP contribution in [0.1, 0.15) is 46.1 Å². The van der Waals surface area contributed by atoms with Gasteiger partial charge in [0.2, 0.25) is 0 Å². The normalized spacial score (nSPS) is 17.4. The van der Waals surface area contributed by atoms with E-state index in [9.17, 15) is 4.79 Å². The van der Waals surface area contributed by atoms with E-state index in [1.807, 2.05) is 37.5 Å². The van der Waals surface area contributed by atoms with Crippen LogP contribution in [0.2, 0.25) is 0 Å². The minimum Gasteiger partial charge on any atom is -0.487 e. The summed E-state index contributed by atoms with van der Waals surface area (Å²) >= 11 is 0. The maximum absolute atomic E-state index is 12.5. The van der Waals surface area contributed by atoms with Crippen molar-refractivity contribution in [2.45, 2.75) is 64.3 Å². The molecular formula is C29H35N7O2. The molecule has 1 aromatic carbocycles. The summed E-state index contributed by atoms with van der Waals surface area (Å²) in [6, 6.07) is 11.1. The highest BCUT2D eigenvalue weighted by atomic mass is 16.5. The van der Waals surface area contributed by atoms with Crippen LogP contribution in [0.3, 0.4) is 0 Å². The first-order valence-electron chi connectivity index (χ1n) is 12.9. The summed E-state index contributed by atoms with van der Waals surface area (Å²) in [6.07, 6.45) is 9.07. The SMILES string of the molecule is CN1C(C)(C)CC(Oc2cnc(-c3cccc(Cn4nc(-c5cnn(C)c5)ccc4=O)c3)nc2)CC1(C)C. The molecule has 198 valence electrons. The van der Waals surface area contributed by atoms with Gasteiger partial charge in [0.25, 0.3) is 5.56 Å². The van der Waals surface area contributed by atoms with Crippen LogP contribution in [0.25, 0.3) is 22.6 Å². The molecule has 0 radical (unpaired) electrons. The number of nitrogens with zero attached hydrogens (tertiary/aromatic N) is 7. The van der Waals surface area contributed by atoms with Crippen molar-refractivity contribution < 1.29 is 4.74 Å². The molecular weight excluding hydrogens is 478 g/mol. The van der Waals surface area contributed by atoms with E-state index in [1.165, 1.54) is 10.7 Å². The van der Waals surface area contributed by atoms with Crippen molar-refractivity contribution in [3.05, 3.63) is 77.1 Å². The van der Waals surface area contributed by atoms with Gasteiger partial charge >= 0.3 is 0 Å². The molecule has 1 aliphatic rings. The molecule has 38 heavy (non-hydrogen) atoms. The number of aryl methyl sites for hydroxylation is 1. The smallest absolute Gasteiger partial charge is 0.267 e. The highest BCUT2D eigenvalue weighted by Gasteiger charge is 2.44. The van der Waals surface area contributed by atoms with Crippen LogP contribution in [0, 0.1) is 0 Å². The van der Waals surface area contributed by atoms with Gasteiger partial charge in [0.1, 0.15) is 6.10 Å². The maximum atomic E-state index is 12.5. The van der Waals surface area contributed by atoms with Crippen molar-refractivity contribution in [3.8, 4) is 28.4 Å². The monoisotopic (exact) mass is 513 g/mol. The standard InChI is InChI=1S/C29H35N7O2/c1-28(2)13-23(14-29(3,4)35(28)6)38-24-16-30-27(31-17-24)21-9-7-8-20(12-21)18-36-26(37)11-10-25(33-36)22-15-32-34(5)19-22/h7-12,15-17,19,23H,13-14,18H2,1-6H3. The minimum atomic E-state index is -0.166. The molecule has 0 N–H and O–H groups in total. The second kappa shape index (κ2) is 9.79. The highest BCUT2D eigenvalue weighted by Crippen LogP contribution is 2.38. The second-order valence-electron chi connectivity index (χ2n) is 11.4. The van der Waals surface area contributed by atoms with Gasteiger partial charge in [0.15, 0.2) is 11.6 Å². The van der Waals surface area contributed by atoms with Crippen molar-refractivity contribution >= 4 is 0 Å². The molecule has 3 aromatic heterocycles. The zero-order valence-electron chi connectivity index (χ0n) is 22.9. The summed E-state index contributed by atoms with van der Waals surface area (Å²) in [5.74, 6) is 1.28. The summed E-state index contributed by atoms with van der Waals surface area (Å²) < 4.78 is 9.50. The van der Waals surface area contributed by atoms with Crippen molar-refractivity contribution in [1.29, 1.82) is 0 Å². The van der Waals surface area contributed by atoms with Crippen molar-refractivity contribution in [2.24, 2.45) is 7.05 Å². The van der Waals surface area contributed by atoms with Gasteiger partial charge in [-0.3, -0.25) is 14.4 Å². The Morgan fingerprint density at radius 1 is 0.947 bits per heavy atom. The predicted molar refractivity (Wildman–Crippen MR) is 147 cm³/mol. The average Bonchev–Trinajstić information content (AvgIpc) is 3.30. The molecule has 0 aliphatic carbocycles. The first kappa shape index (κ1) is 25.8. The minimum absolute atomic E-state index is 0.0436. The Kier molecular flexibility index (Phi) is 6.65. The van der Waals surface area contributed by atoms with Crippen molar-refractivity contribution in [2.75, 3.05) is 7.05 Å². The average molecular weight is 514 g/mol. The van der Waals surface area contributed by atoms with Crippen LogP contribution < -0.4 is 10.3 Å². The second-order valence-corrected chi connectivity index (χ2v) is 11.4.